The van der Waals surface area contributed by atoms with Gasteiger partial charge in [0, 0.05) is 6.42 Å². The van der Waals surface area contributed by atoms with Crippen LogP contribution in [0.5, 0.6) is 0 Å². The highest BCUT2D eigenvalue weighted by Crippen LogP contribution is 2.31. The number of oxazole rings is 1. The van der Waals surface area contributed by atoms with Crippen molar-refractivity contribution in [1.82, 2.24) is 10.3 Å². The van der Waals surface area contributed by atoms with Crippen molar-refractivity contribution >= 4 is 27.3 Å². The van der Waals surface area contributed by atoms with E-state index in [-0.39, 0.29) is 0 Å². The predicted molar refractivity (Wildman–Crippen MR) is 79.0 cm³/mol. The Balaban J connectivity index is 1.83. The van der Waals surface area contributed by atoms with Crippen molar-refractivity contribution in [1.29, 1.82) is 0 Å². The van der Waals surface area contributed by atoms with E-state index in [0.29, 0.717) is 0 Å². The average Bonchev–Trinajstić information content (AvgIpc) is 2.97. The molecule has 0 bridgehead atoms. The summed E-state index contributed by atoms with van der Waals surface area (Å²) in [7, 11) is 0. The molecule has 0 fully saturated rings. The van der Waals surface area contributed by atoms with Crippen LogP contribution in [-0.4, -0.2) is 18.1 Å². The quantitative estimate of drug-likeness (QED) is 0.777. The van der Waals surface area contributed by atoms with Gasteiger partial charge in [0.1, 0.15) is 0 Å². The lowest BCUT2D eigenvalue weighted by Gasteiger charge is -2.00. The fourth-order valence-corrected chi connectivity index (χ4v) is 2.99. The number of nitrogens with zero attached hydrogens (tertiary/aromatic N) is 1. The molecule has 2 aromatic rings. The molecule has 0 saturated carbocycles. The first-order valence-electron chi connectivity index (χ1n) is 6.20. The molecule has 0 aliphatic heterocycles. The topological polar surface area (TPSA) is 38.1 Å². The summed E-state index contributed by atoms with van der Waals surface area (Å²) in [6.45, 7) is 4.28. The summed E-state index contributed by atoms with van der Waals surface area (Å²) in [6, 6.07) is 4.07. The highest BCUT2D eigenvalue weighted by Gasteiger charge is 2.08. The van der Waals surface area contributed by atoms with Crippen LogP contribution in [0.25, 0.3) is 10.6 Å². The Hall–Kier alpha value is -0.650. The summed E-state index contributed by atoms with van der Waals surface area (Å²) >= 11 is 5.11. The van der Waals surface area contributed by atoms with Crippen molar-refractivity contribution in [3.8, 4) is 10.6 Å². The molecule has 0 atom stereocenters. The van der Waals surface area contributed by atoms with Gasteiger partial charge in [-0.3, -0.25) is 0 Å². The Morgan fingerprint density at radius 3 is 3.00 bits per heavy atom. The van der Waals surface area contributed by atoms with Crippen LogP contribution in [-0.2, 0) is 6.42 Å². The third kappa shape index (κ3) is 3.93. The zero-order chi connectivity index (χ0) is 12.8. The summed E-state index contributed by atoms with van der Waals surface area (Å²) in [5.41, 5.74) is 0. The lowest BCUT2D eigenvalue weighted by Crippen LogP contribution is -2.16. The summed E-state index contributed by atoms with van der Waals surface area (Å²) < 4.78 is 6.85. The minimum Gasteiger partial charge on any atom is -0.440 e. The smallest absolute Gasteiger partial charge is 0.194 e. The predicted octanol–water partition coefficient (Wildman–Crippen LogP) is 4.10. The first-order valence-corrected chi connectivity index (χ1v) is 7.81. The first-order chi connectivity index (χ1) is 8.79. The van der Waals surface area contributed by atoms with Crippen LogP contribution >= 0.6 is 27.3 Å². The largest absolute Gasteiger partial charge is 0.440 e. The van der Waals surface area contributed by atoms with Gasteiger partial charge in [0.25, 0.3) is 0 Å². The molecule has 0 aliphatic carbocycles. The van der Waals surface area contributed by atoms with Crippen molar-refractivity contribution < 1.29 is 4.42 Å². The number of aromatic nitrogens is 1. The molecular weight excluding hydrogens is 312 g/mol. The van der Waals surface area contributed by atoms with E-state index in [1.165, 1.54) is 6.42 Å². The van der Waals surface area contributed by atoms with Gasteiger partial charge in [-0.15, -0.1) is 11.3 Å². The molecule has 0 aliphatic rings. The van der Waals surface area contributed by atoms with E-state index in [4.69, 9.17) is 4.42 Å². The molecule has 2 heterocycles. The van der Waals surface area contributed by atoms with Gasteiger partial charge in [0.15, 0.2) is 11.7 Å². The first kappa shape index (κ1) is 13.8. The van der Waals surface area contributed by atoms with Crippen LogP contribution in [0.3, 0.4) is 0 Å². The number of aryl methyl sites for hydroxylation is 1. The molecule has 3 nitrogen and oxygen atoms in total. The molecule has 0 unspecified atom stereocenters. The van der Waals surface area contributed by atoms with Crippen molar-refractivity contribution in [2.45, 2.75) is 26.2 Å². The van der Waals surface area contributed by atoms with Gasteiger partial charge in [-0.2, -0.15) is 0 Å². The summed E-state index contributed by atoms with van der Waals surface area (Å²) in [5, 5.41) is 3.37. The monoisotopic (exact) mass is 328 g/mol. The van der Waals surface area contributed by atoms with Gasteiger partial charge in [-0.1, -0.05) is 6.92 Å². The summed E-state index contributed by atoms with van der Waals surface area (Å²) in [4.78, 5) is 5.43. The van der Waals surface area contributed by atoms with Gasteiger partial charge >= 0.3 is 0 Å². The fourth-order valence-electron chi connectivity index (χ4n) is 1.65. The number of rotatable bonds is 7. The van der Waals surface area contributed by atoms with Crippen LogP contribution in [0.1, 0.15) is 25.7 Å². The Labute approximate surface area is 120 Å². The van der Waals surface area contributed by atoms with Crippen LogP contribution < -0.4 is 5.32 Å². The highest BCUT2D eigenvalue weighted by atomic mass is 79.9. The lowest BCUT2D eigenvalue weighted by molar-refractivity contribution is 0.492. The third-order valence-electron chi connectivity index (χ3n) is 2.54. The molecule has 0 amide bonds. The minimum atomic E-state index is 0.827. The van der Waals surface area contributed by atoms with Crippen LogP contribution in [0.4, 0.5) is 0 Å². The average molecular weight is 329 g/mol. The molecule has 0 radical (unpaired) electrons. The van der Waals surface area contributed by atoms with E-state index >= 15 is 0 Å². The second-order valence-electron chi connectivity index (χ2n) is 4.08. The van der Waals surface area contributed by atoms with E-state index in [0.717, 1.165) is 46.2 Å². The van der Waals surface area contributed by atoms with Crippen molar-refractivity contribution in [3.05, 3.63) is 28.0 Å². The number of hydrogen-bond acceptors (Lipinski definition) is 4. The number of halogens is 1. The van der Waals surface area contributed by atoms with Crippen molar-refractivity contribution in [2.24, 2.45) is 0 Å². The Bertz CT molecular complexity index is 481. The van der Waals surface area contributed by atoms with Gasteiger partial charge in [-0.05, 0) is 54.0 Å². The van der Waals surface area contributed by atoms with Gasteiger partial charge in [0.2, 0.25) is 0 Å². The number of thiophene rings is 1. The fraction of sp³-hybridized carbons (Fsp3) is 0.462. The highest BCUT2D eigenvalue weighted by molar-refractivity contribution is 9.11. The number of hydrogen-bond donors (Lipinski definition) is 1. The molecular formula is C13H17BrN2OS. The molecule has 0 aromatic carbocycles. The zero-order valence-electron chi connectivity index (χ0n) is 10.4. The molecule has 18 heavy (non-hydrogen) atoms. The van der Waals surface area contributed by atoms with Gasteiger partial charge in [-0.25, -0.2) is 4.98 Å². The Morgan fingerprint density at radius 1 is 1.39 bits per heavy atom. The van der Waals surface area contributed by atoms with Crippen LogP contribution in [0.2, 0.25) is 0 Å². The Kier molecular flexibility index (Phi) is 5.41. The molecule has 2 aromatic heterocycles. The second-order valence-corrected chi connectivity index (χ2v) is 6.54. The van der Waals surface area contributed by atoms with E-state index < -0.39 is 0 Å². The minimum absolute atomic E-state index is 0.827. The molecule has 2 rings (SSSR count). The number of nitrogens with one attached hydrogen (secondary N) is 1. The maximum atomic E-state index is 5.74. The van der Waals surface area contributed by atoms with Crippen LogP contribution in [0, 0.1) is 0 Å². The maximum absolute atomic E-state index is 5.74. The zero-order valence-corrected chi connectivity index (χ0v) is 12.8. The van der Waals surface area contributed by atoms with Gasteiger partial charge < -0.3 is 9.73 Å². The molecule has 5 heteroatoms. The van der Waals surface area contributed by atoms with Crippen molar-refractivity contribution in [2.75, 3.05) is 13.1 Å². The van der Waals surface area contributed by atoms with Gasteiger partial charge in [0.05, 0.1) is 14.9 Å². The third-order valence-corrected chi connectivity index (χ3v) is 4.18. The van der Waals surface area contributed by atoms with E-state index in [1.54, 1.807) is 11.3 Å². The summed E-state index contributed by atoms with van der Waals surface area (Å²) in [6.07, 6.45) is 4.95. The van der Waals surface area contributed by atoms with E-state index in [1.807, 2.05) is 18.3 Å². The van der Waals surface area contributed by atoms with Crippen molar-refractivity contribution in [3.63, 3.8) is 0 Å². The maximum Gasteiger partial charge on any atom is 0.194 e. The summed E-state index contributed by atoms with van der Waals surface area (Å²) in [5.74, 6) is 1.69. The second kappa shape index (κ2) is 7.07. The van der Waals surface area contributed by atoms with E-state index in [2.05, 4.69) is 33.2 Å². The molecule has 1 N–H and O–H groups in total. The molecule has 98 valence electrons. The molecule has 0 spiro atoms. The standard InChI is InChI=1S/C13H17BrN2OS/c1-2-7-15-8-3-4-13-16-9-10(17-13)11-5-6-12(14)18-11/h5-6,9,15H,2-4,7-8H2,1H3. The molecule has 0 saturated heterocycles. The van der Waals surface area contributed by atoms with E-state index in [9.17, 15) is 0 Å². The normalized spacial score (nSPS) is 11.0. The SMILES string of the molecule is CCCNCCCc1ncc(-c2ccc(Br)s2)o1. The van der Waals surface area contributed by atoms with Crippen LogP contribution in [0.15, 0.2) is 26.5 Å². The lowest BCUT2D eigenvalue weighted by atomic mass is 10.3. The Morgan fingerprint density at radius 2 is 2.28 bits per heavy atom.